The maximum absolute atomic E-state index is 6.37. The van der Waals surface area contributed by atoms with E-state index in [9.17, 15) is 0 Å². The fraction of sp³-hybridized carbons (Fsp3) is 0.600. The van der Waals surface area contributed by atoms with Crippen molar-refractivity contribution in [2.24, 2.45) is 5.41 Å². The molecule has 1 heterocycles. The van der Waals surface area contributed by atoms with Gasteiger partial charge >= 0.3 is 0 Å². The largest absolute Gasteiger partial charge is 0.490 e. The van der Waals surface area contributed by atoms with Gasteiger partial charge in [-0.05, 0) is 23.5 Å². The molecule has 106 valence electrons. The highest BCUT2D eigenvalue weighted by atomic mass is 79.9. The van der Waals surface area contributed by atoms with E-state index in [1.807, 2.05) is 12.1 Å². The molecule has 0 radical (unpaired) electrons. The number of hydrogen-bond acceptors (Lipinski definition) is 2. The van der Waals surface area contributed by atoms with Gasteiger partial charge in [-0.2, -0.15) is 0 Å². The van der Waals surface area contributed by atoms with Crippen molar-refractivity contribution in [3.8, 4) is 11.5 Å². The summed E-state index contributed by atoms with van der Waals surface area (Å²) in [5, 5.41) is 0.732. The summed E-state index contributed by atoms with van der Waals surface area (Å²) in [7, 11) is 0. The first-order valence-electron chi connectivity index (χ1n) is 6.60. The lowest BCUT2D eigenvalue weighted by Gasteiger charge is -2.23. The van der Waals surface area contributed by atoms with Crippen molar-refractivity contribution in [2.45, 2.75) is 38.4 Å². The van der Waals surface area contributed by atoms with E-state index in [4.69, 9.17) is 21.1 Å². The van der Waals surface area contributed by atoms with E-state index in [0.29, 0.717) is 13.2 Å². The van der Waals surface area contributed by atoms with Crippen LogP contribution in [0.25, 0.3) is 0 Å². The molecular formula is C15H20BrClO2. The van der Waals surface area contributed by atoms with Crippen molar-refractivity contribution in [3.05, 3.63) is 22.7 Å². The van der Waals surface area contributed by atoms with Gasteiger partial charge in [-0.25, -0.2) is 0 Å². The number of hydrogen-bond donors (Lipinski definition) is 0. The first-order valence-corrected chi connectivity index (χ1v) is 7.89. The Bertz CT molecular complexity index is 454. The Morgan fingerprint density at radius 1 is 1.21 bits per heavy atom. The van der Waals surface area contributed by atoms with E-state index < -0.39 is 0 Å². The Labute approximate surface area is 128 Å². The highest BCUT2D eigenvalue weighted by Gasteiger charge is 2.22. The summed E-state index contributed by atoms with van der Waals surface area (Å²) in [6, 6.07) is 3.88. The van der Waals surface area contributed by atoms with Gasteiger partial charge < -0.3 is 9.47 Å². The molecule has 1 aliphatic rings. The topological polar surface area (TPSA) is 18.5 Å². The summed E-state index contributed by atoms with van der Waals surface area (Å²) < 4.78 is 11.4. The Kier molecular flexibility index (Phi) is 4.67. The van der Waals surface area contributed by atoms with Crippen LogP contribution in [0, 0.1) is 5.41 Å². The highest BCUT2D eigenvalue weighted by molar-refractivity contribution is 9.09. The van der Waals surface area contributed by atoms with E-state index >= 15 is 0 Å². The molecule has 0 amide bonds. The minimum absolute atomic E-state index is 0.220. The molecule has 0 aromatic heterocycles. The first kappa shape index (κ1) is 15.0. The van der Waals surface area contributed by atoms with E-state index in [1.54, 1.807) is 0 Å². The summed E-state index contributed by atoms with van der Waals surface area (Å²) >= 11 is 10.1. The molecule has 0 aliphatic carbocycles. The molecule has 1 aromatic carbocycles. The zero-order valence-corrected chi connectivity index (χ0v) is 14.0. The molecule has 0 saturated carbocycles. The number of fused-ring (bicyclic) bond motifs is 1. The predicted molar refractivity (Wildman–Crippen MR) is 82.8 cm³/mol. The quantitative estimate of drug-likeness (QED) is 0.669. The number of rotatable bonds is 2. The van der Waals surface area contributed by atoms with Crippen LogP contribution in [0.2, 0.25) is 5.02 Å². The van der Waals surface area contributed by atoms with Crippen LogP contribution in [0.3, 0.4) is 0 Å². The van der Waals surface area contributed by atoms with Gasteiger partial charge in [-0.3, -0.25) is 0 Å². The molecule has 19 heavy (non-hydrogen) atoms. The van der Waals surface area contributed by atoms with Crippen molar-refractivity contribution < 1.29 is 9.47 Å². The zero-order chi connectivity index (χ0) is 14.0. The minimum Gasteiger partial charge on any atom is -0.490 e. The third-order valence-corrected chi connectivity index (χ3v) is 4.14. The second-order valence-corrected chi connectivity index (χ2v) is 7.62. The van der Waals surface area contributed by atoms with Gasteiger partial charge in [-0.15, -0.1) is 0 Å². The van der Waals surface area contributed by atoms with Crippen molar-refractivity contribution in [1.29, 1.82) is 0 Å². The Balaban J connectivity index is 2.28. The van der Waals surface area contributed by atoms with Crippen LogP contribution >= 0.6 is 27.5 Å². The summed E-state index contributed by atoms with van der Waals surface area (Å²) in [4.78, 5) is 0.220. The number of halogens is 2. The average molecular weight is 348 g/mol. The Hall–Kier alpha value is -0.410. The molecule has 1 aliphatic heterocycles. The Morgan fingerprint density at radius 2 is 1.79 bits per heavy atom. The molecule has 4 heteroatoms. The molecule has 1 unspecified atom stereocenters. The second kappa shape index (κ2) is 5.92. The summed E-state index contributed by atoms with van der Waals surface area (Å²) in [5.41, 5.74) is 1.31. The van der Waals surface area contributed by atoms with Gasteiger partial charge in [0.25, 0.3) is 0 Å². The van der Waals surface area contributed by atoms with Crippen LogP contribution < -0.4 is 9.47 Å². The second-order valence-electron chi connectivity index (χ2n) is 6.10. The monoisotopic (exact) mass is 346 g/mol. The molecule has 0 fully saturated rings. The smallest absolute Gasteiger partial charge is 0.162 e. The average Bonchev–Trinajstić information content (AvgIpc) is 2.50. The van der Waals surface area contributed by atoms with Gasteiger partial charge in [0.2, 0.25) is 0 Å². The SMILES string of the molecule is CC(C)(C)CC(Br)c1cc2c(cc1Cl)OCCCO2. The van der Waals surface area contributed by atoms with Gasteiger partial charge in [-0.1, -0.05) is 48.3 Å². The summed E-state index contributed by atoms with van der Waals surface area (Å²) in [6.07, 6.45) is 1.91. The minimum atomic E-state index is 0.220. The van der Waals surface area contributed by atoms with Crippen molar-refractivity contribution >= 4 is 27.5 Å². The highest BCUT2D eigenvalue weighted by Crippen LogP contribution is 2.43. The molecule has 2 nitrogen and oxygen atoms in total. The predicted octanol–water partition coefficient (Wildman–Crippen LogP) is 5.37. The Morgan fingerprint density at radius 3 is 2.37 bits per heavy atom. The molecule has 2 rings (SSSR count). The third-order valence-electron chi connectivity index (χ3n) is 3.00. The van der Waals surface area contributed by atoms with E-state index in [0.717, 1.165) is 34.9 Å². The van der Waals surface area contributed by atoms with Crippen LogP contribution in [0.1, 0.15) is 44.0 Å². The van der Waals surface area contributed by atoms with Crippen LogP contribution in [0.5, 0.6) is 11.5 Å². The van der Waals surface area contributed by atoms with Crippen molar-refractivity contribution in [3.63, 3.8) is 0 Å². The normalized spacial score (nSPS) is 16.9. The molecule has 1 aromatic rings. The lowest BCUT2D eigenvalue weighted by molar-refractivity contribution is 0.297. The van der Waals surface area contributed by atoms with E-state index in [-0.39, 0.29) is 10.2 Å². The fourth-order valence-corrected chi connectivity index (χ4v) is 3.85. The van der Waals surface area contributed by atoms with Crippen LogP contribution in [0.15, 0.2) is 12.1 Å². The maximum atomic E-state index is 6.37. The molecule has 0 bridgehead atoms. The van der Waals surface area contributed by atoms with Gasteiger partial charge in [0.15, 0.2) is 11.5 Å². The number of alkyl halides is 1. The van der Waals surface area contributed by atoms with Gasteiger partial charge in [0.1, 0.15) is 0 Å². The molecule has 0 spiro atoms. The summed E-state index contributed by atoms with van der Waals surface area (Å²) in [5.74, 6) is 1.55. The lowest BCUT2D eigenvalue weighted by atomic mass is 9.88. The lowest BCUT2D eigenvalue weighted by Crippen LogP contribution is -2.09. The van der Waals surface area contributed by atoms with Crippen LogP contribution in [-0.2, 0) is 0 Å². The third kappa shape index (κ3) is 4.03. The van der Waals surface area contributed by atoms with E-state index in [1.165, 1.54) is 0 Å². The maximum Gasteiger partial charge on any atom is 0.162 e. The standard InChI is InChI=1S/C15H20BrClO2/c1-15(2,3)9-11(16)10-7-13-14(8-12(10)17)19-6-4-5-18-13/h7-8,11H,4-6,9H2,1-3H3. The summed E-state index contributed by atoms with van der Waals surface area (Å²) in [6.45, 7) is 8.04. The molecular weight excluding hydrogens is 328 g/mol. The van der Waals surface area contributed by atoms with Crippen molar-refractivity contribution in [1.82, 2.24) is 0 Å². The molecule has 1 atom stereocenters. The number of ether oxygens (including phenoxy) is 2. The van der Waals surface area contributed by atoms with Crippen molar-refractivity contribution in [2.75, 3.05) is 13.2 Å². The molecule has 0 N–H and O–H groups in total. The number of benzene rings is 1. The fourth-order valence-electron chi connectivity index (χ4n) is 2.09. The zero-order valence-electron chi connectivity index (χ0n) is 11.6. The van der Waals surface area contributed by atoms with Crippen LogP contribution in [0.4, 0.5) is 0 Å². The molecule has 0 saturated heterocycles. The van der Waals surface area contributed by atoms with Gasteiger partial charge in [0.05, 0.1) is 13.2 Å². The van der Waals surface area contributed by atoms with Gasteiger partial charge in [0, 0.05) is 22.3 Å². The van der Waals surface area contributed by atoms with E-state index in [2.05, 4.69) is 36.7 Å². The first-order chi connectivity index (χ1) is 8.87. The van der Waals surface area contributed by atoms with Crippen LogP contribution in [-0.4, -0.2) is 13.2 Å².